The van der Waals surface area contributed by atoms with E-state index in [1.54, 1.807) is 17.1 Å². The summed E-state index contributed by atoms with van der Waals surface area (Å²) in [6.45, 7) is 0. The van der Waals surface area contributed by atoms with Gasteiger partial charge in [0, 0.05) is 7.05 Å². The summed E-state index contributed by atoms with van der Waals surface area (Å²) in [6.07, 6.45) is 3.38. The van der Waals surface area contributed by atoms with Crippen molar-refractivity contribution in [2.45, 2.75) is 0 Å². The van der Waals surface area contributed by atoms with Crippen LogP contribution in [0.4, 0.5) is 0 Å². The van der Waals surface area contributed by atoms with E-state index in [4.69, 9.17) is 16.3 Å². The molecule has 7 heteroatoms. The standard InChI is InChI=1S/C10H7ClN4OS/c1-15-5-6(4-12-15)16-8-7-2-3-17-9(7)14-10(11)13-8/h2-5H,1H3. The molecule has 0 saturated heterocycles. The minimum atomic E-state index is 0.179. The lowest BCUT2D eigenvalue weighted by molar-refractivity contribution is 0.468. The number of hydrogen-bond donors (Lipinski definition) is 0. The van der Waals surface area contributed by atoms with Crippen molar-refractivity contribution >= 4 is 33.2 Å². The Morgan fingerprint density at radius 2 is 2.29 bits per heavy atom. The van der Waals surface area contributed by atoms with Crippen molar-refractivity contribution in [3.63, 3.8) is 0 Å². The molecule has 0 radical (unpaired) electrons. The lowest BCUT2D eigenvalue weighted by atomic mass is 10.4. The van der Waals surface area contributed by atoms with Crippen molar-refractivity contribution in [2.24, 2.45) is 7.05 Å². The predicted molar refractivity (Wildman–Crippen MR) is 65.7 cm³/mol. The van der Waals surface area contributed by atoms with Crippen molar-refractivity contribution in [1.82, 2.24) is 19.7 Å². The molecule has 0 aliphatic rings. The highest BCUT2D eigenvalue weighted by Crippen LogP contribution is 2.30. The van der Waals surface area contributed by atoms with E-state index in [1.165, 1.54) is 11.3 Å². The first-order valence-corrected chi connectivity index (χ1v) is 6.05. The molecule has 0 amide bonds. The molecule has 17 heavy (non-hydrogen) atoms. The van der Waals surface area contributed by atoms with Crippen LogP contribution >= 0.6 is 22.9 Å². The monoisotopic (exact) mass is 266 g/mol. The van der Waals surface area contributed by atoms with Crippen molar-refractivity contribution in [2.75, 3.05) is 0 Å². The second-order valence-electron chi connectivity index (χ2n) is 3.39. The van der Waals surface area contributed by atoms with Gasteiger partial charge in [0.1, 0.15) is 4.83 Å². The van der Waals surface area contributed by atoms with E-state index in [9.17, 15) is 0 Å². The third-order valence-electron chi connectivity index (χ3n) is 2.16. The summed E-state index contributed by atoms with van der Waals surface area (Å²) < 4.78 is 7.30. The van der Waals surface area contributed by atoms with Gasteiger partial charge < -0.3 is 4.74 Å². The molecule has 0 aromatic carbocycles. The van der Waals surface area contributed by atoms with Crippen LogP contribution in [0.25, 0.3) is 10.2 Å². The van der Waals surface area contributed by atoms with Crippen LogP contribution in [0.5, 0.6) is 11.6 Å². The number of ether oxygens (including phenoxy) is 1. The van der Waals surface area contributed by atoms with Crippen LogP contribution in [0.15, 0.2) is 23.8 Å². The van der Waals surface area contributed by atoms with Crippen molar-refractivity contribution in [3.05, 3.63) is 29.1 Å². The second-order valence-corrected chi connectivity index (χ2v) is 4.62. The van der Waals surface area contributed by atoms with E-state index in [1.807, 2.05) is 18.5 Å². The van der Waals surface area contributed by atoms with Crippen LogP contribution in [-0.4, -0.2) is 19.7 Å². The van der Waals surface area contributed by atoms with Crippen LogP contribution in [0.2, 0.25) is 5.28 Å². The Morgan fingerprint density at radius 3 is 3.06 bits per heavy atom. The third-order valence-corrected chi connectivity index (χ3v) is 3.13. The fourth-order valence-corrected chi connectivity index (χ4v) is 2.41. The average Bonchev–Trinajstić information content (AvgIpc) is 2.87. The molecule has 0 fully saturated rings. The molecule has 86 valence electrons. The summed E-state index contributed by atoms with van der Waals surface area (Å²) in [5, 5.41) is 6.97. The van der Waals surface area contributed by atoms with E-state index in [0.717, 1.165) is 10.2 Å². The van der Waals surface area contributed by atoms with Gasteiger partial charge in [0.05, 0.1) is 17.8 Å². The second kappa shape index (κ2) is 3.97. The van der Waals surface area contributed by atoms with Gasteiger partial charge >= 0.3 is 0 Å². The Balaban J connectivity index is 2.07. The molecule has 0 aliphatic heterocycles. The Labute approximate surface area is 106 Å². The molecule has 0 spiro atoms. The number of fused-ring (bicyclic) bond motifs is 1. The predicted octanol–water partition coefficient (Wildman–Crippen LogP) is 2.87. The number of aromatic nitrogens is 4. The van der Waals surface area contributed by atoms with E-state index < -0.39 is 0 Å². The Kier molecular flexibility index (Phi) is 2.45. The number of thiophene rings is 1. The van der Waals surface area contributed by atoms with E-state index in [-0.39, 0.29) is 5.28 Å². The van der Waals surface area contributed by atoms with E-state index in [2.05, 4.69) is 15.1 Å². The fraction of sp³-hybridized carbons (Fsp3) is 0.100. The van der Waals surface area contributed by atoms with Gasteiger partial charge in [-0.1, -0.05) is 0 Å². The van der Waals surface area contributed by atoms with Crippen LogP contribution < -0.4 is 4.74 Å². The van der Waals surface area contributed by atoms with Crippen molar-refractivity contribution < 1.29 is 4.74 Å². The largest absolute Gasteiger partial charge is 0.435 e. The first kappa shape index (κ1) is 10.5. The molecular weight excluding hydrogens is 260 g/mol. The van der Waals surface area contributed by atoms with Gasteiger partial charge in [0.2, 0.25) is 11.2 Å². The molecule has 3 heterocycles. The molecule has 0 aliphatic carbocycles. The molecule has 0 bridgehead atoms. The first-order valence-electron chi connectivity index (χ1n) is 4.79. The minimum absolute atomic E-state index is 0.179. The topological polar surface area (TPSA) is 52.8 Å². The maximum absolute atomic E-state index is 5.84. The van der Waals surface area contributed by atoms with Gasteiger partial charge in [0.25, 0.3) is 0 Å². The highest BCUT2D eigenvalue weighted by Gasteiger charge is 2.10. The zero-order valence-corrected chi connectivity index (χ0v) is 10.4. The SMILES string of the molecule is Cn1cc(Oc2nc(Cl)nc3sccc23)cn1. The molecule has 3 aromatic heterocycles. The van der Waals surface area contributed by atoms with Gasteiger partial charge in [-0.25, -0.2) is 4.98 Å². The lowest BCUT2D eigenvalue weighted by Crippen LogP contribution is -1.90. The molecule has 3 rings (SSSR count). The van der Waals surface area contributed by atoms with Crippen LogP contribution in [-0.2, 0) is 7.05 Å². The number of halogens is 1. The summed E-state index contributed by atoms with van der Waals surface area (Å²) in [6, 6.07) is 1.90. The summed E-state index contributed by atoms with van der Waals surface area (Å²) in [4.78, 5) is 9.00. The number of hydrogen-bond acceptors (Lipinski definition) is 5. The van der Waals surface area contributed by atoms with E-state index in [0.29, 0.717) is 11.6 Å². The smallest absolute Gasteiger partial charge is 0.232 e. The van der Waals surface area contributed by atoms with Gasteiger partial charge in [-0.15, -0.1) is 11.3 Å². The van der Waals surface area contributed by atoms with Crippen LogP contribution in [0.1, 0.15) is 0 Å². The average molecular weight is 267 g/mol. The molecule has 5 nitrogen and oxygen atoms in total. The molecule has 0 saturated carbocycles. The Morgan fingerprint density at radius 1 is 1.41 bits per heavy atom. The summed E-state index contributed by atoms with van der Waals surface area (Å²) in [5.74, 6) is 1.07. The van der Waals surface area contributed by atoms with Gasteiger partial charge in [-0.2, -0.15) is 10.1 Å². The number of rotatable bonds is 2. The quantitative estimate of drug-likeness (QED) is 0.669. The highest BCUT2D eigenvalue weighted by atomic mass is 35.5. The fourth-order valence-electron chi connectivity index (χ4n) is 1.44. The molecule has 0 unspecified atom stereocenters. The normalized spacial score (nSPS) is 10.9. The zero-order chi connectivity index (χ0) is 11.8. The first-order chi connectivity index (χ1) is 8.22. The third kappa shape index (κ3) is 1.96. The highest BCUT2D eigenvalue weighted by molar-refractivity contribution is 7.16. The lowest BCUT2D eigenvalue weighted by Gasteiger charge is -2.02. The van der Waals surface area contributed by atoms with Gasteiger partial charge in [-0.05, 0) is 23.0 Å². The van der Waals surface area contributed by atoms with Crippen LogP contribution in [0, 0.1) is 0 Å². The van der Waals surface area contributed by atoms with Crippen LogP contribution in [0.3, 0.4) is 0 Å². The molecular formula is C10H7ClN4OS. The summed E-state index contributed by atoms with van der Waals surface area (Å²) in [5.41, 5.74) is 0. The summed E-state index contributed by atoms with van der Waals surface area (Å²) in [7, 11) is 1.82. The zero-order valence-electron chi connectivity index (χ0n) is 8.79. The molecule has 0 N–H and O–H groups in total. The molecule has 3 aromatic rings. The van der Waals surface area contributed by atoms with Gasteiger partial charge in [0.15, 0.2) is 5.75 Å². The Hall–Kier alpha value is -1.66. The Bertz CT molecular complexity index is 678. The minimum Gasteiger partial charge on any atom is -0.435 e. The molecule has 0 atom stereocenters. The number of nitrogens with zero attached hydrogens (tertiary/aromatic N) is 4. The van der Waals surface area contributed by atoms with Crippen molar-refractivity contribution in [3.8, 4) is 11.6 Å². The maximum atomic E-state index is 5.84. The van der Waals surface area contributed by atoms with E-state index >= 15 is 0 Å². The number of aryl methyl sites for hydroxylation is 1. The van der Waals surface area contributed by atoms with Gasteiger partial charge in [-0.3, -0.25) is 4.68 Å². The van der Waals surface area contributed by atoms with Crippen molar-refractivity contribution in [1.29, 1.82) is 0 Å². The maximum Gasteiger partial charge on any atom is 0.232 e. The summed E-state index contributed by atoms with van der Waals surface area (Å²) >= 11 is 7.33.